The van der Waals surface area contributed by atoms with Crippen LogP contribution in [0.3, 0.4) is 0 Å². The zero-order chi connectivity index (χ0) is 14.6. The molecule has 20 heavy (non-hydrogen) atoms. The Kier molecular flexibility index (Phi) is 4.05. The van der Waals surface area contributed by atoms with Gasteiger partial charge in [0.25, 0.3) is 0 Å². The van der Waals surface area contributed by atoms with Gasteiger partial charge < -0.3 is 10.0 Å². The number of hydrogen-bond acceptors (Lipinski definition) is 5. The van der Waals surface area contributed by atoms with E-state index in [4.69, 9.17) is 10.0 Å². The number of para-hydroxylation sites is 1. The number of nitrogens with zero attached hydrogens (tertiary/aromatic N) is 1. The van der Waals surface area contributed by atoms with E-state index in [0.717, 1.165) is 11.8 Å². The van der Waals surface area contributed by atoms with Crippen molar-refractivity contribution in [2.24, 2.45) is 10.9 Å². The van der Waals surface area contributed by atoms with Gasteiger partial charge in [-0.05, 0) is 12.1 Å². The summed E-state index contributed by atoms with van der Waals surface area (Å²) < 4.78 is 27.6. The Morgan fingerprint density at radius 2 is 1.65 bits per heavy atom. The standard InChI is InChI=1S/C14H14N2O3S/c1-20(17,18)19-13-10-6-5-9-12(13)14(16-15)11-7-3-2-4-8-11/h2-10H,15H2,1H3. The van der Waals surface area contributed by atoms with Crippen LogP contribution in [0.4, 0.5) is 0 Å². The third-order valence-electron chi connectivity index (χ3n) is 2.56. The minimum atomic E-state index is -3.62. The van der Waals surface area contributed by atoms with E-state index in [1.54, 1.807) is 24.3 Å². The van der Waals surface area contributed by atoms with Crippen molar-refractivity contribution in [3.8, 4) is 5.75 Å². The zero-order valence-corrected chi connectivity index (χ0v) is 11.7. The van der Waals surface area contributed by atoms with Crippen LogP contribution < -0.4 is 10.0 Å². The van der Waals surface area contributed by atoms with Crippen molar-refractivity contribution >= 4 is 15.8 Å². The molecule has 104 valence electrons. The predicted octanol–water partition coefficient (Wildman–Crippen LogP) is 1.74. The van der Waals surface area contributed by atoms with E-state index in [9.17, 15) is 8.42 Å². The molecule has 2 N–H and O–H groups in total. The number of hydrogen-bond donors (Lipinski definition) is 1. The van der Waals surface area contributed by atoms with Crippen molar-refractivity contribution in [1.82, 2.24) is 0 Å². The second kappa shape index (κ2) is 5.75. The van der Waals surface area contributed by atoms with Crippen LogP contribution in [0.2, 0.25) is 0 Å². The summed E-state index contributed by atoms with van der Waals surface area (Å²) in [4.78, 5) is 0. The minimum Gasteiger partial charge on any atom is -0.382 e. The van der Waals surface area contributed by atoms with E-state index < -0.39 is 10.1 Å². The van der Waals surface area contributed by atoms with Gasteiger partial charge >= 0.3 is 10.1 Å². The van der Waals surface area contributed by atoms with E-state index in [0.29, 0.717) is 11.3 Å². The van der Waals surface area contributed by atoms with Crippen LogP contribution >= 0.6 is 0 Å². The van der Waals surface area contributed by atoms with Gasteiger partial charge in [0.15, 0.2) is 5.75 Å². The first-order valence-electron chi connectivity index (χ1n) is 5.83. The van der Waals surface area contributed by atoms with Gasteiger partial charge in [-0.1, -0.05) is 42.5 Å². The van der Waals surface area contributed by atoms with Crippen molar-refractivity contribution in [3.63, 3.8) is 0 Å². The highest BCUT2D eigenvalue weighted by Gasteiger charge is 2.15. The maximum absolute atomic E-state index is 11.3. The summed E-state index contributed by atoms with van der Waals surface area (Å²) in [5.74, 6) is 5.65. The van der Waals surface area contributed by atoms with Gasteiger partial charge in [0, 0.05) is 11.1 Å². The molecule has 0 atom stereocenters. The summed E-state index contributed by atoms with van der Waals surface area (Å²) >= 11 is 0. The van der Waals surface area contributed by atoms with Crippen molar-refractivity contribution in [2.45, 2.75) is 0 Å². The Hall–Kier alpha value is -2.34. The van der Waals surface area contributed by atoms with Crippen molar-refractivity contribution < 1.29 is 12.6 Å². The lowest BCUT2D eigenvalue weighted by atomic mass is 10.0. The number of benzene rings is 2. The Balaban J connectivity index is 2.52. The van der Waals surface area contributed by atoms with E-state index in [2.05, 4.69) is 5.10 Å². The molecular formula is C14H14N2O3S. The van der Waals surface area contributed by atoms with Crippen molar-refractivity contribution in [3.05, 3.63) is 65.7 Å². The lowest BCUT2D eigenvalue weighted by Crippen LogP contribution is -2.12. The first kappa shape index (κ1) is 14.1. The topological polar surface area (TPSA) is 81.8 Å². The van der Waals surface area contributed by atoms with Gasteiger partial charge in [-0.25, -0.2) is 0 Å². The molecule has 0 unspecified atom stereocenters. The maximum Gasteiger partial charge on any atom is 0.306 e. The average molecular weight is 290 g/mol. The Morgan fingerprint density at radius 1 is 1.05 bits per heavy atom. The van der Waals surface area contributed by atoms with Crippen molar-refractivity contribution in [2.75, 3.05) is 6.26 Å². The molecule has 5 nitrogen and oxygen atoms in total. The van der Waals surface area contributed by atoms with Crippen LogP contribution in [0.15, 0.2) is 59.7 Å². The molecule has 0 aliphatic carbocycles. The molecule has 0 aliphatic rings. The fourth-order valence-corrected chi connectivity index (χ4v) is 2.27. The number of hydrazone groups is 1. The van der Waals surface area contributed by atoms with E-state index in [-0.39, 0.29) is 5.75 Å². The fourth-order valence-electron chi connectivity index (χ4n) is 1.79. The highest BCUT2D eigenvalue weighted by Crippen LogP contribution is 2.23. The molecule has 0 heterocycles. The average Bonchev–Trinajstić information content (AvgIpc) is 2.41. The predicted molar refractivity (Wildman–Crippen MR) is 78.2 cm³/mol. The summed E-state index contributed by atoms with van der Waals surface area (Å²) in [6.07, 6.45) is 0.992. The molecule has 0 aromatic heterocycles. The van der Waals surface area contributed by atoms with Crippen LogP contribution in [-0.2, 0) is 10.1 Å². The molecule has 0 aliphatic heterocycles. The summed E-state index contributed by atoms with van der Waals surface area (Å²) in [6, 6.07) is 16.0. The second-order valence-corrected chi connectivity index (χ2v) is 5.70. The minimum absolute atomic E-state index is 0.197. The molecule has 0 radical (unpaired) electrons. The van der Waals surface area contributed by atoms with Crippen molar-refractivity contribution in [1.29, 1.82) is 0 Å². The third-order valence-corrected chi connectivity index (χ3v) is 3.04. The molecule has 0 saturated carbocycles. The lowest BCUT2D eigenvalue weighted by molar-refractivity contribution is 0.492. The highest BCUT2D eigenvalue weighted by atomic mass is 32.2. The van der Waals surface area contributed by atoms with E-state index >= 15 is 0 Å². The largest absolute Gasteiger partial charge is 0.382 e. The molecule has 0 bridgehead atoms. The fraction of sp³-hybridized carbons (Fsp3) is 0.0714. The quantitative estimate of drug-likeness (QED) is 0.402. The molecule has 0 amide bonds. The maximum atomic E-state index is 11.3. The molecule has 2 rings (SSSR count). The van der Waals surface area contributed by atoms with Crippen LogP contribution in [0.5, 0.6) is 5.75 Å². The third kappa shape index (κ3) is 3.36. The summed E-state index contributed by atoms with van der Waals surface area (Å²) in [5, 5.41) is 3.76. The Labute approximate surface area is 117 Å². The summed E-state index contributed by atoms with van der Waals surface area (Å²) in [7, 11) is -3.62. The Bertz CT molecular complexity index is 725. The lowest BCUT2D eigenvalue weighted by Gasteiger charge is -2.11. The van der Waals surface area contributed by atoms with Crippen LogP contribution in [-0.4, -0.2) is 20.4 Å². The zero-order valence-electron chi connectivity index (χ0n) is 10.9. The van der Waals surface area contributed by atoms with Crippen LogP contribution in [0, 0.1) is 0 Å². The molecule has 6 heteroatoms. The molecule has 0 spiro atoms. The second-order valence-electron chi connectivity index (χ2n) is 4.13. The Morgan fingerprint density at radius 3 is 2.25 bits per heavy atom. The van der Waals surface area contributed by atoms with Gasteiger partial charge in [-0.3, -0.25) is 0 Å². The summed E-state index contributed by atoms with van der Waals surface area (Å²) in [6.45, 7) is 0. The number of rotatable bonds is 4. The first-order valence-corrected chi connectivity index (χ1v) is 7.65. The van der Waals surface area contributed by atoms with Gasteiger partial charge in [0.2, 0.25) is 0 Å². The van der Waals surface area contributed by atoms with Gasteiger partial charge in [0.05, 0.1) is 6.26 Å². The van der Waals surface area contributed by atoms with Crippen LogP contribution in [0.1, 0.15) is 11.1 Å². The SMILES string of the molecule is CS(=O)(=O)Oc1ccccc1C(=NN)c1ccccc1. The van der Waals surface area contributed by atoms with E-state index in [1.165, 1.54) is 0 Å². The highest BCUT2D eigenvalue weighted by molar-refractivity contribution is 7.86. The van der Waals surface area contributed by atoms with Gasteiger partial charge in [-0.15, -0.1) is 0 Å². The van der Waals surface area contributed by atoms with Gasteiger partial charge in [0.1, 0.15) is 5.71 Å². The molecule has 2 aromatic carbocycles. The molecule has 0 fully saturated rings. The molecular weight excluding hydrogens is 276 g/mol. The van der Waals surface area contributed by atoms with E-state index in [1.807, 2.05) is 30.3 Å². The van der Waals surface area contributed by atoms with Crippen LogP contribution in [0.25, 0.3) is 0 Å². The molecule has 2 aromatic rings. The normalized spacial score (nSPS) is 12.2. The monoisotopic (exact) mass is 290 g/mol. The number of nitrogens with two attached hydrogens (primary N) is 1. The van der Waals surface area contributed by atoms with Gasteiger partial charge in [-0.2, -0.15) is 13.5 Å². The summed E-state index contributed by atoms with van der Waals surface area (Å²) in [5.41, 5.74) is 1.76. The molecule has 0 saturated heterocycles. The smallest absolute Gasteiger partial charge is 0.306 e. The first-order chi connectivity index (χ1) is 9.51.